The van der Waals surface area contributed by atoms with Crippen molar-refractivity contribution in [2.45, 2.75) is 63.4 Å². The Hall–Kier alpha value is -0.473. The molecule has 2 rings (SSSR count). The van der Waals surface area contributed by atoms with Crippen molar-refractivity contribution >= 4 is 42.2 Å². The minimum absolute atomic E-state index is 0.0409. The summed E-state index contributed by atoms with van der Waals surface area (Å²) in [5.41, 5.74) is 1.21. The van der Waals surface area contributed by atoms with Crippen LogP contribution in [0, 0.1) is 0 Å². The highest BCUT2D eigenvalue weighted by atomic mass is 127. The number of hydrogen-bond donors (Lipinski definition) is 0. The first kappa shape index (κ1) is 20.8. The molecule has 0 aromatic heterocycles. The van der Waals surface area contributed by atoms with Crippen LogP contribution in [-0.4, -0.2) is 24.6 Å². The predicted octanol–water partition coefficient (Wildman–Crippen LogP) is 5.90. The molecule has 3 nitrogen and oxygen atoms in total. The van der Waals surface area contributed by atoms with Gasteiger partial charge < -0.3 is 13.3 Å². The van der Waals surface area contributed by atoms with Crippen molar-refractivity contribution in [2.75, 3.05) is 0 Å². The van der Waals surface area contributed by atoms with Gasteiger partial charge in [-0.1, -0.05) is 42.5 Å². The summed E-state index contributed by atoms with van der Waals surface area (Å²) in [6, 6.07) is 15.5. The van der Waals surface area contributed by atoms with E-state index in [0.717, 1.165) is 0 Å². The molecular weight excluding hydrogens is 443 g/mol. The maximum absolute atomic E-state index is 6.48. The maximum atomic E-state index is 6.48. The van der Waals surface area contributed by atoms with E-state index in [1.165, 1.54) is 16.3 Å². The van der Waals surface area contributed by atoms with Crippen LogP contribution in [0.2, 0.25) is 0 Å². The zero-order chi connectivity index (χ0) is 18.7. The minimum Gasteiger partial charge on any atom is -0.371 e. The lowest BCUT2D eigenvalue weighted by molar-refractivity contribution is -0.00206. The van der Waals surface area contributed by atoms with Gasteiger partial charge in [-0.2, -0.15) is 0 Å². The fraction of sp³-hybridized carbons (Fsp3) is 0.500. The van der Waals surface area contributed by atoms with E-state index in [9.17, 15) is 0 Å². The summed E-state index contributed by atoms with van der Waals surface area (Å²) >= 11 is 2.31. The van der Waals surface area contributed by atoms with E-state index < -0.39 is 8.80 Å². The molecule has 0 heterocycles. The normalized spacial score (nSPS) is 13.2. The number of rotatable bonds is 8. The van der Waals surface area contributed by atoms with Gasteiger partial charge in [-0.25, -0.2) is 0 Å². The Kier molecular flexibility index (Phi) is 7.07. The average Bonchev–Trinajstić information content (AvgIpc) is 2.44. The second-order valence-corrected chi connectivity index (χ2v) is 12.3. The molecular formula is C20H29IO3Si. The zero-order valence-corrected chi connectivity index (χ0v) is 19.2. The van der Waals surface area contributed by atoms with E-state index in [1.807, 2.05) is 41.5 Å². The lowest BCUT2D eigenvalue weighted by Gasteiger charge is -2.37. The molecule has 0 aliphatic carbocycles. The molecule has 0 radical (unpaired) electrons. The first-order chi connectivity index (χ1) is 11.6. The summed E-state index contributed by atoms with van der Waals surface area (Å²) in [5, 5.41) is 2.46. The number of hydrogen-bond acceptors (Lipinski definition) is 3. The largest absolute Gasteiger partial charge is 0.507 e. The van der Waals surface area contributed by atoms with Crippen LogP contribution in [0.15, 0.2) is 42.5 Å². The first-order valence-corrected chi connectivity index (χ1v) is 11.8. The van der Waals surface area contributed by atoms with Crippen molar-refractivity contribution < 1.29 is 13.3 Å². The molecule has 138 valence electrons. The summed E-state index contributed by atoms with van der Waals surface area (Å²) < 4.78 is 18.9. The Bertz CT molecular complexity index is 679. The SMILES string of the molecule is CC(C)O[Si](Cc1cccc2ccccc12)(OC(C)C)OC(C)(C)I. The lowest BCUT2D eigenvalue weighted by atomic mass is 10.1. The highest BCUT2D eigenvalue weighted by Gasteiger charge is 2.47. The van der Waals surface area contributed by atoms with Gasteiger partial charge in [-0.15, -0.1) is 0 Å². The number of halogens is 1. The third-order valence-corrected chi connectivity index (χ3v) is 7.45. The van der Waals surface area contributed by atoms with Crippen LogP contribution in [0.25, 0.3) is 10.8 Å². The molecule has 5 heteroatoms. The molecule has 0 fully saturated rings. The van der Waals surface area contributed by atoms with Crippen molar-refractivity contribution in [3.05, 3.63) is 48.0 Å². The minimum atomic E-state index is -2.92. The highest BCUT2D eigenvalue weighted by molar-refractivity contribution is 14.1. The van der Waals surface area contributed by atoms with Crippen molar-refractivity contribution in [3.8, 4) is 0 Å². The molecule has 0 saturated heterocycles. The molecule has 0 aliphatic rings. The van der Waals surface area contributed by atoms with Crippen LogP contribution >= 0.6 is 22.6 Å². The second kappa shape index (κ2) is 8.48. The van der Waals surface area contributed by atoms with E-state index in [1.54, 1.807) is 0 Å². The number of benzene rings is 2. The van der Waals surface area contributed by atoms with E-state index in [0.29, 0.717) is 6.04 Å². The van der Waals surface area contributed by atoms with Crippen molar-refractivity contribution in [1.82, 2.24) is 0 Å². The lowest BCUT2D eigenvalue weighted by Crippen LogP contribution is -2.54. The topological polar surface area (TPSA) is 27.7 Å². The third kappa shape index (κ3) is 6.32. The van der Waals surface area contributed by atoms with Crippen molar-refractivity contribution in [2.24, 2.45) is 0 Å². The highest BCUT2D eigenvalue weighted by Crippen LogP contribution is 2.31. The quantitative estimate of drug-likeness (QED) is 0.272. The Balaban J connectivity index is 2.48. The average molecular weight is 472 g/mol. The van der Waals surface area contributed by atoms with E-state index >= 15 is 0 Å². The summed E-state index contributed by atoms with van der Waals surface area (Å²) in [7, 11) is -2.92. The molecule has 2 aromatic rings. The summed E-state index contributed by atoms with van der Waals surface area (Å²) in [5.74, 6) is 0. The molecule has 25 heavy (non-hydrogen) atoms. The Labute approximate surface area is 166 Å². The molecule has 2 aromatic carbocycles. The van der Waals surface area contributed by atoms with Gasteiger partial charge >= 0.3 is 8.80 Å². The summed E-state index contributed by atoms with van der Waals surface area (Å²) in [6.45, 7) is 12.3. The second-order valence-electron chi connectivity index (χ2n) is 7.30. The molecule has 0 saturated carbocycles. The van der Waals surface area contributed by atoms with Gasteiger partial charge in [0.1, 0.15) is 3.61 Å². The molecule has 0 spiro atoms. The maximum Gasteiger partial charge on any atom is 0.507 e. The molecule has 0 N–H and O–H groups in total. The van der Waals surface area contributed by atoms with Gasteiger partial charge in [0.25, 0.3) is 0 Å². The van der Waals surface area contributed by atoms with Crippen LogP contribution < -0.4 is 0 Å². The molecule has 0 bridgehead atoms. The monoisotopic (exact) mass is 472 g/mol. The molecule has 0 amide bonds. The first-order valence-electron chi connectivity index (χ1n) is 8.81. The number of fused-ring (bicyclic) bond motifs is 1. The van der Waals surface area contributed by atoms with Crippen LogP contribution in [0.1, 0.15) is 47.1 Å². The zero-order valence-electron chi connectivity index (χ0n) is 16.0. The number of alkyl halides is 1. The van der Waals surface area contributed by atoms with Crippen LogP contribution in [0.4, 0.5) is 0 Å². The van der Waals surface area contributed by atoms with E-state index in [4.69, 9.17) is 13.3 Å². The fourth-order valence-electron chi connectivity index (χ4n) is 2.96. The fourth-order valence-corrected chi connectivity index (χ4v) is 7.31. The third-order valence-electron chi connectivity index (χ3n) is 3.52. The van der Waals surface area contributed by atoms with Gasteiger partial charge in [0.2, 0.25) is 0 Å². The van der Waals surface area contributed by atoms with Crippen LogP contribution in [0.5, 0.6) is 0 Å². The van der Waals surface area contributed by atoms with Gasteiger partial charge in [0.05, 0.1) is 0 Å². The Morgan fingerprint density at radius 2 is 1.48 bits per heavy atom. The Morgan fingerprint density at radius 3 is 2.04 bits per heavy atom. The molecule has 0 aliphatic heterocycles. The van der Waals surface area contributed by atoms with Gasteiger partial charge in [-0.3, -0.25) is 0 Å². The van der Waals surface area contributed by atoms with E-state index in [2.05, 4.69) is 65.1 Å². The van der Waals surface area contributed by atoms with Crippen molar-refractivity contribution in [1.29, 1.82) is 0 Å². The van der Waals surface area contributed by atoms with Crippen molar-refractivity contribution in [3.63, 3.8) is 0 Å². The van der Waals surface area contributed by atoms with E-state index in [-0.39, 0.29) is 15.8 Å². The summed E-state index contributed by atoms with van der Waals surface area (Å²) in [4.78, 5) is 0. The van der Waals surface area contributed by atoms with Gasteiger partial charge in [0.15, 0.2) is 0 Å². The predicted molar refractivity (Wildman–Crippen MR) is 115 cm³/mol. The van der Waals surface area contributed by atoms with Gasteiger partial charge in [-0.05, 0) is 80.5 Å². The molecule has 0 unspecified atom stereocenters. The van der Waals surface area contributed by atoms with Crippen LogP contribution in [-0.2, 0) is 19.3 Å². The standard InChI is InChI=1S/C20H29IO3Si/c1-15(2)22-25(23-16(3)4,24-20(5,6)21)14-18-12-9-11-17-10-7-8-13-19(17)18/h7-13,15-16H,14H2,1-6H3. The summed E-state index contributed by atoms with van der Waals surface area (Å²) in [6.07, 6.45) is 0.0817. The molecule has 0 atom stereocenters. The smallest absolute Gasteiger partial charge is 0.371 e. The van der Waals surface area contributed by atoms with Gasteiger partial charge in [0, 0.05) is 18.3 Å². The van der Waals surface area contributed by atoms with Crippen LogP contribution in [0.3, 0.4) is 0 Å². The Morgan fingerprint density at radius 1 is 0.920 bits per heavy atom.